The van der Waals surface area contributed by atoms with Crippen molar-refractivity contribution < 1.29 is 4.39 Å². The molecule has 0 saturated carbocycles. The van der Waals surface area contributed by atoms with Crippen LogP contribution in [0.15, 0.2) is 36.5 Å². The predicted octanol–water partition coefficient (Wildman–Crippen LogP) is 2.80. The molecule has 0 bridgehead atoms. The van der Waals surface area contributed by atoms with Gasteiger partial charge in [-0.3, -0.25) is 0 Å². The third-order valence-corrected chi connectivity index (χ3v) is 3.20. The predicted molar refractivity (Wildman–Crippen MR) is 72.5 cm³/mol. The fourth-order valence-corrected chi connectivity index (χ4v) is 2.19. The second kappa shape index (κ2) is 4.74. The molecule has 2 heterocycles. The van der Waals surface area contributed by atoms with E-state index < -0.39 is 0 Å². The van der Waals surface area contributed by atoms with E-state index in [1.54, 1.807) is 48.1 Å². The lowest BCUT2D eigenvalue weighted by Crippen LogP contribution is -2.05. The molecule has 0 radical (unpaired) electrons. The van der Waals surface area contributed by atoms with Crippen LogP contribution >= 0.6 is 0 Å². The van der Waals surface area contributed by atoms with Gasteiger partial charge in [-0.25, -0.2) is 14.1 Å². The molecular formula is C15H11FN4. The summed E-state index contributed by atoms with van der Waals surface area (Å²) in [6, 6.07) is 10.8. The molecule has 20 heavy (non-hydrogen) atoms. The molecule has 0 aliphatic heterocycles. The van der Waals surface area contributed by atoms with Crippen molar-refractivity contribution in [2.45, 2.75) is 13.5 Å². The Kier molecular flexibility index (Phi) is 2.92. The molecular weight excluding hydrogens is 255 g/mol. The largest absolute Gasteiger partial charge is 0.241 e. The molecule has 0 fully saturated rings. The molecule has 0 spiro atoms. The maximum Gasteiger partial charge on any atom is 0.172 e. The Labute approximate surface area is 115 Å². The zero-order chi connectivity index (χ0) is 14.1. The first kappa shape index (κ1) is 12.3. The van der Waals surface area contributed by atoms with E-state index in [-0.39, 0.29) is 12.4 Å². The van der Waals surface area contributed by atoms with E-state index >= 15 is 0 Å². The van der Waals surface area contributed by atoms with Gasteiger partial charge in [-0.2, -0.15) is 10.4 Å². The van der Waals surface area contributed by atoms with Crippen molar-refractivity contribution in [3.63, 3.8) is 0 Å². The van der Waals surface area contributed by atoms with Crippen LogP contribution in [-0.4, -0.2) is 14.8 Å². The van der Waals surface area contributed by atoms with Gasteiger partial charge in [0.2, 0.25) is 0 Å². The SMILES string of the molecule is Cc1cccc(Cn2nc(C#N)c3cccnc32)c1F. The maximum atomic E-state index is 14.0. The number of benzene rings is 1. The number of fused-ring (bicyclic) bond motifs is 1. The monoisotopic (exact) mass is 266 g/mol. The fraction of sp³-hybridized carbons (Fsp3) is 0.133. The summed E-state index contributed by atoms with van der Waals surface area (Å²) in [5.41, 5.74) is 2.02. The second-order valence-corrected chi connectivity index (χ2v) is 4.54. The van der Waals surface area contributed by atoms with Crippen molar-refractivity contribution >= 4 is 11.0 Å². The minimum atomic E-state index is -0.245. The number of aryl methyl sites for hydroxylation is 1. The van der Waals surface area contributed by atoms with Gasteiger partial charge in [0.1, 0.15) is 11.9 Å². The highest BCUT2D eigenvalue weighted by molar-refractivity contribution is 5.80. The third-order valence-electron chi connectivity index (χ3n) is 3.20. The maximum absolute atomic E-state index is 14.0. The van der Waals surface area contributed by atoms with E-state index in [2.05, 4.69) is 10.1 Å². The average molecular weight is 266 g/mol. The quantitative estimate of drug-likeness (QED) is 0.716. The fourth-order valence-electron chi connectivity index (χ4n) is 2.19. The molecule has 0 atom stereocenters. The van der Waals surface area contributed by atoms with Crippen molar-refractivity contribution in [2.24, 2.45) is 0 Å². The van der Waals surface area contributed by atoms with Crippen LogP contribution in [0.3, 0.4) is 0 Å². The summed E-state index contributed by atoms with van der Waals surface area (Å²) < 4.78 is 15.6. The van der Waals surface area contributed by atoms with Crippen LogP contribution in [0.2, 0.25) is 0 Å². The molecule has 4 nitrogen and oxygen atoms in total. The highest BCUT2D eigenvalue weighted by atomic mass is 19.1. The lowest BCUT2D eigenvalue weighted by Gasteiger charge is -2.06. The average Bonchev–Trinajstić information content (AvgIpc) is 2.82. The molecule has 1 aromatic carbocycles. The number of nitriles is 1. The number of aromatic nitrogens is 3. The number of pyridine rings is 1. The van der Waals surface area contributed by atoms with Gasteiger partial charge < -0.3 is 0 Å². The van der Waals surface area contributed by atoms with Crippen molar-refractivity contribution in [2.75, 3.05) is 0 Å². The Balaban J connectivity index is 2.12. The van der Waals surface area contributed by atoms with E-state index in [9.17, 15) is 4.39 Å². The van der Waals surface area contributed by atoms with Crippen LogP contribution in [0.25, 0.3) is 11.0 Å². The van der Waals surface area contributed by atoms with E-state index in [0.29, 0.717) is 27.9 Å². The summed E-state index contributed by atoms with van der Waals surface area (Å²) >= 11 is 0. The van der Waals surface area contributed by atoms with Gasteiger partial charge in [0, 0.05) is 11.8 Å². The minimum absolute atomic E-state index is 0.245. The number of hydrogen-bond donors (Lipinski definition) is 0. The lowest BCUT2D eigenvalue weighted by molar-refractivity contribution is 0.581. The summed E-state index contributed by atoms with van der Waals surface area (Å²) in [6.07, 6.45) is 1.63. The van der Waals surface area contributed by atoms with Gasteiger partial charge in [-0.1, -0.05) is 18.2 Å². The molecule has 0 unspecified atom stereocenters. The Morgan fingerprint density at radius 1 is 1.30 bits per heavy atom. The van der Waals surface area contributed by atoms with Crippen LogP contribution in [0.5, 0.6) is 0 Å². The van der Waals surface area contributed by atoms with Gasteiger partial charge in [0.05, 0.1) is 11.9 Å². The molecule has 0 amide bonds. The molecule has 0 saturated heterocycles. The normalized spacial score (nSPS) is 10.7. The van der Waals surface area contributed by atoms with Crippen molar-refractivity contribution in [1.29, 1.82) is 5.26 Å². The highest BCUT2D eigenvalue weighted by Gasteiger charge is 2.13. The molecule has 0 aliphatic carbocycles. The summed E-state index contributed by atoms with van der Waals surface area (Å²) in [5, 5.41) is 14.0. The first-order valence-corrected chi connectivity index (χ1v) is 6.16. The first-order valence-electron chi connectivity index (χ1n) is 6.16. The van der Waals surface area contributed by atoms with Crippen molar-refractivity contribution in [1.82, 2.24) is 14.8 Å². The molecule has 3 rings (SSSR count). The van der Waals surface area contributed by atoms with Gasteiger partial charge >= 0.3 is 0 Å². The summed E-state index contributed by atoms with van der Waals surface area (Å²) in [4.78, 5) is 4.22. The highest BCUT2D eigenvalue weighted by Crippen LogP contribution is 2.18. The topological polar surface area (TPSA) is 54.5 Å². The van der Waals surface area contributed by atoms with E-state index in [1.807, 2.05) is 6.07 Å². The Bertz CT molecular complexity index is 829. The van der Waals surface area contributed by atoms with E-state index in [1.165, 1.54) is 0 Å². The zero-order valence-corrected chi connectivity index (χ0v) is 10.8. The smallest absolute Gasteiger partial charge is 0.172 e. The van der Waals surface area contributed by atoms with Gasteiger partial charge in [-0.15, -0.1) is 0 Å². The lowest BCUT2D eigenvalue weighted by atomic mass is 10.1. The number of hydrogen-bond acceptors (Lipinski definition) is 3. The molecule has 2 aromatic heterocycles. The molecule has 3 aromatic rings. The van der Waals surface area contributed by atoms with E-state index in [4.69, 9.17) is 5.26 Å². The second-order valence-electron chi connectivity index (χ2n) is 4.54. The zero-order valence-electron chi connectivity index (χ0n) is 10.8. The van der Waals surface area contributed by atoms with Crippen molar-refractivity contribution in [3.8, 4) is 6.07 Å². The third kappa shape index (κ3) is 1.91. The van der Waals surface area contributed by atoms with Crippen molar-refractivity contribution in [3.05, 3.63) is 59.2 Å². The first-order chi connectivity index (χ1) is 9.70. The number of nitrogens with zero attached hydrogens (tertiary/aromatic N) is 4. The number of halogens is 1. The summed E-state index contributed by atoms with van der Waals surface area (Å²) in [7, 11) is 0. The summed E-state index contributed by atoms with van der Waals surface area (Å²) in [6.45, 7) is 1.97. The number of rotatable bonds is 2. The molecule has 5 heteroatoms. The molecule has 0 N–H and O–H groups in total. The Morgan fingerprint density at radius 2 is 2.15 bits per heavy atom. The van der Waals surface area contributed by atoms with Crippen LogP contribution in [0.4, 0.5) is 4.39 Å². The summed E-state index contributed by atoms with van der Waals surface area (Å²) in [5.74, 6) is -0.245. The van der Waals surface area contributed by atoms with Crippen LogP contribution < -0.4 is 0 Å². The van der Waals surface area contributed by atoms with Gasteiger partial charge in [0.25, 0.3) is 0 Å². The van der Waals surface area contributed by atoms with Gasteiger partial charge in [-0.05, 0) is 24.6 Å². The molecule has 0 aliphatic rings. The van der Waals surface area contributed by atoms with Gasteiger partial charge in [0.15, 0.2) is 11.3 Å². The van der Waals surface area contributed by atoms with Crippen LogP contribution in [0.1, 0.15) is 16.8 Å². The Hall–Kier alpha value is -2.74. The minimum Gasteiger partial charge on any atom is -0.241 e. The molecule has 98 valence electrons. The van der Waals surface area contributed by atoms with Crippen LogP contribution in [-0.2, 0) is 6.54 Å². The van der Waals surface area contributed by atoms with Crippen LogP contribution in [0, 0.1) is 24.1 Å². The standard InChI is InChI=1S/C15H11FN4/c1-10-4-2-5-11(14(10)16)9-20-15-12(6-3-7-18-15)13(8-17)19-20/h2-7H,9H2,1H3. The van der Waals surface area contributed by atoms with E-state index in [0.717, 1.165) is 0 Å². The Morgan fingerprint density at radius 3 is 2.95 bits per heavy atom.